The van der Waals surface area contributed by atoms with Crippen molar-refractivity contribution in [2.75, 3.05) is 7.05 Å². The standard InChI is InChI=1S/C17H24ClNO/c1-3-4-5-6-7-8-15(19-2)17-12-13-11-14(18)9-10-16(13)20-17/h9-12,15,19H,3-8H2,1-2H3. The number of unbranched alkanes of at least 4 members (excludes halogenated alkanes) is 4. The number of halogens is 1. The van der Waals surface area contributed by atoms with E-state index in [9.17, 15) is 0 Å². The lowest BCUT2D eigenvalue weighted by molar-refractivity contribution is 0.417. The van der Waals surface area contributed by atoms with Crippen molar-refractivity contribution in [1.29, 1.82) is 0 Å². The van der Waals surface area contributed by atoms with Crippen LogP contribution < -0.4 is 5.32 Å². The number of benzene rings is 1. The molecule has 1 unspecified atom stereocenters. The zero-order valence-corrected chi connectivity index (χ0v) is 13.2. The van der Waals surface area contributed by atoms with Crippen molar-refractivity contribution >= 4 is 22.6 Å². The Morgan fingerprint density at radius 2 is 1.95 bits per heavy atom. The molecule has 0 fully saturated rings. The van der Waals surface area contributed by atoms with Gasteiger partial charge < -0.3 is 9.73 Å². The molecule has 0 saturated carbocycles. The molecule has 3 heteroatoms. The van der Waals surface area contributed by atoms with Crippen molar-refractivity contribution in [2.24, 2.45) is 0 Å². The van der Waals surface area contributed by atoms with Gasteiger partial charge in [0.1, 0.15) is 11.3 Å². The summed E-state index contributed by atoms with van der Waals surface area (Å²) in [5.41, 5.74) is 0.913. The molecule has 0 radical (unpaired) electrons. The van der Waals surface area contributed by atoms with Crippen LogP contribution in [0.1, 0.15) is 57.3 Å². The van der Waals surface area contributed by atoms with Crippen molar-refractivity contribution in [1.82, 2.24) is 5.32 Å². The molecule has 0 aliphatic rings. The Morgan fingerprint density at radius 1 is 1.15 bits per heavy atom. The van der Waals surface area contributed by atoms with Crippen LogP contribution in [0.4, 0.5) is 0 Å². The second kappa shape index (κ2) is 7.70. The smallest absolute Gasteiger partial charge is 0.134 e. The summed E-state index contributed by atoms with van der Waals surface area (Å²) in [4.78, 5) is 0. The molecule has 0 aliphatic carbocycles. The fourth-order valence-electron chi connectivity index (χ4n) is 2.59. The van der Waals surface area contributed by atoms with Gasteiger partial charge in [-0.05, 0) is 37.7 Å². The molecule has 1 N–H and O–H groups in total. The summed E-state index contributed by atoms with van der Waals surface area (Å²) in [5, 5.41) is 5.20. The highest BCUT2D eigenvalue weighted by Gasteiger charge is 2.14. The van der Waals surface area contributed by atoms with Gasteiger partial charge in [0, 0.05) is 10.4 Å². The van der Waals surface area contributed by atoms with Gasteiger partial charge in [-0.25, -0.2) is 0 Å². The second-order valence-electron chi connectivity index (χ2n) is 5.38. The first-order chi connectivity index (χ1) is 9.74. The average Bonchev–Trinajstić information content (AvgIpc) is 2.85. The van der Waals surface area contributed by atoms with Crippen LogP contribution in [0.2, 0.25) is 5.02 Å². The van der Waals surface area contributed by atoms with Gasteiger partial charge in [0.15, 0.2) is 0 Å². The van der Waals surface area contributed by atoms with Crippen molar-refractivity contribution < 1.29 is 4.42 Å². The minimum atomic E-state index is 0.294. The number of hydrogen-bond acceptors (Lipinski definition) is 2. The average molecular weight is 294 g/mol. The number of furan rings is 1. The Morgan fingerprint density at radius 3 is 2.70 bits per heavy atom. The van der Waals surface area contributed by atoms with Gasteiger partial charge in [0.2, 0.25) is 0 Å². The van der Waals surface area contributed by atoms with Crippen LogP contribution in [-0.2, 0) is 0 Å². The lowest BCUT2D eigenvalue weighted by Gasteiger charge is -2.13. The number of rotatable bonds is 8. The van der Waals surface area contributed by atoms with E-state index in [1.165, 1.54) is 32.1 Å². The molecule has 2 nitrogen and oxygen atoms in total. The van der Waals surface area contributed by atoms with Crippen molar-refractivity contribution in [2.45, 2.75) is 51.5 Å². The fraction of sp³-hybridized carbons (Fsp3) is 0.529. The van der Waals surface area contributed by atoms with Crippen LogP contribution in [-0.4, -0.2) is 7.05 Å². The molecule has 2 rings (SSSR count). The summed E-state index contributed by atoms with van der Waals surface area (Å²) in [6.07, 6.45) is 7.63. The zero-order chi connectivity index (χ0) is 14.4. The molecule has 0 bridgehead atoms. The molecule has 2 aromatic rings. The van der Waals surface area contributed by atoms with Gasteiger partial charge in [0.05, 0.1) is 6.04 Å². The van der Waals surface area contributed by atoms with Gasteiger partial charge in [-0.15, -0.1) is 0 Å². The van der Waals surface area contributed by atoms with E-state index in [0.29, 0.717) is 6.04 Å². The molecular weight excluding hydrogens is 270 g/mol. The summed E-state index contributed by atoms with van der Waals surface area (Å²) in [5.74, 6) is 1.01. The predicted octanol–water partition coefficient (Wildman–Crippen LogP) is 5.71. The van der Waals surface area contributed by atoms with E-state index in [1.54, 1.807) is 0 Å². The van der Waals surface area contributed by atoms with E-state index >= 15 is 0 Å². The van der Waals surface area contributed by atoms with E-state index in [1.807, 2.05) is 25.2 Å². The molecule has 110 valence electrons. The monoisotopic (exact) mass is 293 g/mol. The topological polar surface area (TPSA) is 25.2 Å². The third-order valence-corrected chi connectivity index (χ3v) is 4.02. The normalized spacial score (nSPS) is 12.9. The van der Waals surface area contributed by atoms with Gasteiger partial charge in [-0.3, -0.25) is 0 Å². The molecule has 1 atom stereocenters. The van der Waals surface area contributed by atoms with Crippen molar-refractivity contribution in [3.8, 4) is 0 Å². The minimum Gasteiger partial charge on any atom is -0.459 e. The van der Waals surface area contributed by atoms with Crippen molar-refractivity contribution in [3.63, 3.8) is 0 Å². The number of hydrogen-bond donors (Lipinski definition) is 1. The molecule has 0 amide bonds. The maximum absolute atomic E-state index is 6.02. The molecule has 0 saturated heterocycles. The molecule has 20 heavy (non-hydrogen) atoms. The minimum absolute atomic E-state index is 0.294. The zero-order valence-electron chi connectivity index (χ0n) is 12.4. The number of nitrogens with one attached hydrogen (secondary N) is 1. The third-order valence-electron chi connectivity index (χ3n) is 3.79. The van der Waals surface area contributed by atoms with Crippen molar-refractivity contribution in [3.05, 3.63) is 35.0 Å². The molecule has 1 heterocycles. The van der Waals surface area contributed by atoms with E-state index in [0.717, 1.165) is 28.2 Å². The lowest BCUT2D eigenvalue weighted by Crippen LogP contribution is -2.15. The first-order valence-corrected chi connectivity index (χ1v) is 7.98. The summed E-state index contributed by atoms with van der Waals surface area (Å²) in [7, 11) is 2.00. The van der Waals surface area contributed by atoms with E-state index < -0.39 is 0 Å². The Balaban J connectivity index is 1.98. The van der Waals surface area contributed by atoms with E-state index in [4.69, 9.17) is 16.0 Å². The highest BCUT2D eigenvalue weighted by atomic mass is 35.5. The highest BCUT2D eigenvalue weighted by Crippen LogP contribution is 2.28. The predicted molar refractivity (Wildman–Crippen MR) is 86.4 cm³/mol. The van der Waals surface area contributed by atoms with Crippen LogP contribution in [0.3, 0.4) is 0 Å². The molecule has 0 spiro atoms. The highest BCUT2D eigenvalue weighted by molar-refractivity contribution is 6.31. The largest absolute Gasteiger partial charge is 0.459 e. The molecule has 0 aliphatic heterocycles. The van der Waals surface area contributed by atoms with E-state index in [2.05, 4.69) is 18.3 Å². The summed E-state index contributed by atoms with van der Waals surface area (Å²) < 4.78 is 5.93. The lowest BCUT2D eigenvalue weighted by atomic mass is 10.0. The summed E-state index contributed by atoms with van der Waals surface area (Å²) in [6.45, 7) is 2.25. The van der Waals surface area contributed by atoms with Crippen LogP contribution in [0.25, 0.3) is 11.0 Å². The Kier molecular flexibility index (Phi) is 5.93. The molecular formula is C17H24ClNO. The SMILES string of the molecule is CCCCCCCC(NC)c1cc2cc(Cl)ccc2o1. The van der Waals surface area contributed by atoms with Gasteiger partial charge >= 0.3 is 0 Å². The Hall–Kier alpha value is -0.990. The first kappa shape index (κ1) is 15.4. The van der Waals surface area contributed by atoms with Crippen LogP contribution in [0, 0.1) is 0 Å². The first-order valence-electron chi connectivity index (χ1n) is 7.61. The van der Waals surface area contributed by atoms with Crippen LogP contribution in [0.15, 0.2) is 28.7 Å². The summed E-state index contributed by atoms with van der Waals surface area (Å²) in [6, 6.07) is 8.17. The second-order valence-corrected chi connectivity index (χ2v) is 5.81. The quantitative estimate of drug-likeness (QED) is 0.631. The Labute approximate surface area is 126 Å². The van der Waals surface area contributed by atoms with Crippen LogP contribution >= 0.6 is 11.6 Å². The maximum atomic E-state index is 6.02. The van der Waals surface area contributed by atoms with E-state index in [-0.39, 0.29) is 0 Å². The third kappa shape index (κ3) is 4.00. The van der Waals surface area contributed by atoms with Gasteiger partial charge in [0.25, 0.3) is 0 Å². The van der Waals surface area contributed by atoms with Crippen LogP contribution in [0.5, 0.6) is 0 Å². The molecule has 1 aromatic carbocycles. The molecule has 1 aromatic heterocycles. The van der Waals surface area contributed by atoms with Gasteiger partial charge in [-0.1, -0.05) is 50.6 Å². The van der Waals surface area contributed by atoms with Gasteiger partial charge in [-0.2, -0.15) is 0 Å². The maximum Gasteiger partial charge on any atom is 0.134 e. The fourth-order valence-corrected chi connectivity index (χ4v) is 2.77. The number of fused-ring (bicyclic) bond motifs is 1. The summed E-state index contributed by atoms with van der Waals surface area (Å²) >= 11 is 6.02. The Bertz CT molecular complexity index is 535.